The van der Waals surface area contributed by atoms with E-state index in [2.05, 4.69) is 29.1 Å². The summed E-state index contributed by atoms with van der Waals surface area (Å²) in [7, 11) is 0. The Labute approximate surface area is 106 Å². The van der Waals surface area contributed by atoms with Crippen LogP contribution in [0.3, 0.4) is 0 Å². The number of nitrogens with zero attached hydrogens (tertiary/aromatic N) is 2. The third-order valence-corrected chi connectivity index (χ3v) is 3.46. The maximum Gasteiger partial charge on any atom is 0.265 e. The molecule has 0 saturated heterocycles. The summed E-state index contributed by atoms with van der Waals surface area (Å²) in [6.07, 6.45) is 1.69. The van der Waals surface area contributed by atoms with E-state index >= 15 is 0 Å². The van der Waals surface area contributed by atoms with Gasteiger partial charge in [-0.15, -0.1) is 0 Å². The lowest BCUT2D eigenvalue weighted by Crippen LogP contribution is -2.01. The number of rotatable bonds is 0. The van der Waals surface area contributed by atoms with Crippen LogP contribution in [0.15, 0.2) is 42.1 Å². The molecular weight excluding hydrogens is 220 g/mol. The molecule has 0 saturated carbocycles. The fourth-order valence-corrected chi connectivity index (χ4v) is 2.68. The van der Waals surface area contributed by atoms with Crippen molar-refractivity contribution in [3.05, 3.63) is 64.6 Å². The van der Waals surface area contributed by atoms with Gasteiger partial charge in [0.05, 0.1) is 12.6 Å². The van der Waals surface area contributed by atoms with Gasteiger partial charge in [-0.1, -0.05) is 36.4 Å². The van der Waals surface area contributed by atoms with E-state index in [1.165, 1.54) is 16.3 Å². The minimum Gasteiger partial charge on any atom is -0.226 e. The Morgan fingerprint density at radius 3 is 2.67 bits per heavy atom. The van der Waals surface area contributed by atoms with Crippen LogP contribution < -0.4 is 0 Å². The largest absolute Gasteiger partial charge is 0.265 e. The van der Waals surface area contributed by atoms with Gasteiger partial charge in [-0.05, 0) is 40.3 Å². The van der Waals surface area contributed by atoms with Crippen LogP contribution in [0, 0.1) is 17.9 Å². The molecule has 0 bridgehead atoms. The highest BCUT2D eigenvalue weighted by Crippen LogP contribution is 2.37. The van der Waals surface area contributed by atoms with Crippen molar-refractivity contribution in [3.63, 3.8) is 0 Å². The van der Waals surface area contributed by atoms with Crippen molar-refractivity contribution < 1.29 is 0 Å². The molecule has 0 N–H and O–H groups in total. The predicted molar refractivity (Wildman–Crippen MR) is 71.4 cm³/mol. The average Bonchev–Trinajstić information content (AvgIpc) is 2.43. The van der Waals surface area contributed by atoms with Gasteiger partial charge in [-0.2, -0.15) is 0 Å². The number of benzene rings is 2. The first kappa shape index (κ1) is 10.6. The summed E-state index contributed by atoms with van der Waals surface area (Å²) in [5.74, 6) is 0. The van der Waals surface area contributed by atoms with Gasteiger partial charge >= 0.3 is 0 Å². The summed E-state index contributed by atoms with van der Waals surface area (Å²) >= 11 is 0. The zero-order valence-electron chi connectivity index (χ0n) is 9.77. The van der Waals surface area contributed by atoms with Crippen LogP contribution in [-0.2, 0) is 6.42 Å². The van der Waals surface area contributed by atoms with E-state index in [0.717, 1.165) is 24.0 Å². The van der Waals surface area contributed by atoms with Crippen molar-refractivity contribution in [1.29, 1.82) is 5.26 Å². The first-order valence-corrected chi connectivity index (χ1v) is 5.87. The van der Waals surface area contributed by atoms with Crippen LogP contribution in [0.1, 0.15) is 17.5 Å². The molecular formula is C16H10N2. The molecule has 0 radical (unpaired) electrons. The highest BCUT2D eigenvalue weighted by Gasteiger charge is 2.19. The molecule has 3 rings (SSSR count). The fraction of sp³-hybridized carbons (Fsp3) is 0.125. The summed E-state index contributed by atoms with van der Waals surface area (Å²) in [4.78, 5) is 3.36. The highest BCUT2D eigenvalue weighted by atomic mass is 14.7. The molecule has 0 unspecified atom stereocenters. The van der Waals surface area contributed by atoms with Gasteiger partial charge in [0.15, 0.2) is 0 Å². The first-order chi connectivity index (χ1) is 8.85. The van der Waals surface area contributed by atoms with Crippen LogP contribution in [-0.4, -0.2) is 0 Å². The van der Waals surface area contributed by atoms with E-state index in [1.54, 1.807) is 0 Å². The Bertz CT molecular complexity index is 733. The van der Waals surface area contributed by atoms with Crippen LogP contribution in [0.25, 0.3) is 21.2 Å². The standard InChI is InChI=1S/C16H10N2/c1-18-15(10-17)13-9-8-12-5-2-4-11-6-3-7-14(13)16(11)12/h2-7H,8-9H2/b15-13-. The van der Waals surface area contributed by atoms with Crippen LogP contribution in [0.5, 0.6) is 0 Å². The molecule has 0 fully saturated rings. The van der Waals surface area contributed by atoms with Crippen LogP contribution in [0.4, 0.5) is 0 Å². The third kappa shape index (κ3) is 1.40. The van der Waals surface area contributed by atoms with E-state index in [0.29, 0.717) is 0 Å². The van der Waals surface area contributed by atoms with Crippen molar-refractivity contribution in [2.45, 2.75) is 12.8 Å². The molecule has 0 amide bonds. The van der Waals surface area contributed by atoms with Crippen molar-refractivity contribution in [2.24, 2.45) is 0 Å². The second-order valence-corrected chi connectivity index (χ2v) is 4.37. The van der Waals surface area contributed by atoms with Gasteiger partial charge in [0, 0.05) is 0 Å². The molecule has 0 aliphatic heterocycles. The van der Waals surface area contributed by atoms with Crippen LogP contribution >= 0.6 is 0 Å². The zero-order valence-corrected chi connectivity index (χ0v) is 9.77. The molecule has 2 nitrogen and oxygen atoms in total. The minimum atomic E-state index is 0.233. The van der Waals surface area contributed by atoms with E-state index in [1.807, 2.05) is 18.2 Å². The number of nitriles is 1. The SMILES string of the molecule is [C-]#[N+]/C(C#N)=C1/CCc2cccc3cccc1c23. The van der Waals surface area contributed by atoms with Gasteiger partial charge in [0.1, 0.15) is 0 Å². The minimum absolute atomic E-state index is 0.233. The lowest BCUT2D eigenvalue weighted by molar-refractivity contribution is 1.01. The molecule has 0 heterocycles. The van der Waals surface area contributed by atoms with Gasteiger partial charge < -0.3 is 0 Å². The van der Waals surface area contributed by atoms with Gasteiger partial charge in [0.2, 0.25) is 0 Å². The van der Waals surface area contributed by atoms with Crippen molar-refractivity contribution in [3.8, 4) is 6.07 Å². The second-order valence-electron chi connectivity index (χ2n) is 4.37. The number of hydrogen-bond acceptors (Lipinski definition) is 1. The normalized spacial score (nSPS) is 15.9. The van der Waals surface area contributed by atoms with Crippen molar-refractivity contribution >= 4 is 16.3 Å². The molecule has 2 heteroatoms. The van der Waals surface area contributed by atoms with Crippen molar-refractivity contribution in [1.82, 2.24) is 0 Å². The maximum absolute atomic E-state index is 9.06. The van der Waals surface area contributed by atoms with E-state index in [4.69, 9.17) is 11.8 Å². The van der Waals surface area contributed by atoms with Gasteiger partial charge in [0.25, 0.3) is 5.70 Å². The Kier molecular flexibility index (Phi) is 2.36. The molecule has 0 aromatic heterocycles. The van der Waals surface area contributed by atoms with Crippen molar-refractivity contribution in [2.75, 3.05) is 0 Å². The lowest BCUT2D eigenvalue weighted by Gasteiger charge is -2.20. The molecule has 0 atom stereocenters. The third-order valence-electron chi connectivity index (χ3n) is 3.46. The van der Waals surface area contributed by atoms with Crippen LogP contribution in [0.2, 0.25) is 0 Å². The smallest absolute Gasteiger partial charge is 0.226 e. The highest BCUT2D eigenvalue weighted by molar-refractivity contribution is 5.99. The second kappa shape index (κ2) is 4.02. The summed E-state index contributed by atoms with van der Waals surface area (Å²) < 4.78 is 0. The maximum atomic E-state index is 9.06. The zero-order chi connectivity index (χ0) is 12.5. The summed E-state index contributed by atoms with van der Waals surface area (Å²) in [6, 6.07) is 14.4. The average molecular weight is 230 g/mol. The monoisotopic (exact) mass is 230 g/mol. The molecule has 0 spiro atoms. The number of hydrogen-bond donors (Lipinski definition) is 0. The number of allylic oxidation sites excluding steroid dienone is 2. The molecule has 2 aromatic rings. The van der Waals surface area contributed by atoms with E-state index in [9.17, 15) is 0 Å². The topological polar surface area (TPSA) is 28.1 Å². The van der Waals surface area contributed by atoms with E-state index < -0.39 is 0 Å². The van der Waals surface area contributed by atoms with E-state index in [-0.39, 0.29) is 5.70 Å². The van der Waals surface area contributed by atoms with Gasteiger partial charge in [-0.3, -0.25) is 0 Å². The summed E-state index contributed by atoms with van der Waals surface area (Å²) in [5, 5.41) is 11.5. The molecule has 1 aliphatic carbocycles. The number of aryl methyl sites for hydroxylation is 1. The lowest BCUT2D eigenvalue weighted by atomic mass is 9.84. The Balaban J connectivity index is 2.43. The molecule has 84 valence electrons. The Hall–Kier alpha value is -2.58. The fourth-order valence-electron chi connectivity index (χ4n) is 2.68. The Morgan fingerprint density at radius 2 is 1.94 bits per heavy atom. The summed E-state index contributed by atoms with van der Waals surface area (Å²) in [6.45, 7) is 7.12. The molecule has 18 heavy (non-hydrogen) atoms. The first-order valence-electron chi connectivity index (χ1n) is 5.87. The summed E-state index contributed by atoms with van der Waals surface area (Å²) in [5.41, 5.74) is 3.50. The predicted octanol–water partition coefficient (Wildman–Crippen LogP) is 3.94. The molecule has 1 aliphatic rings. The quantitative estimate of drug-likeness (QED) is 0.497. The molecule has 2 aromatic carbocycles. The Morgan fingerprint density at radius 1 is 1.17 bits per heavy atom. The van der Waals surface area contributed by atoms with Gasteiger partial charge in [-0.25, -0.2) is 10.1 Å².